The van der Waals surface area contributed by atoms with Gasteiger partial charge in [-0.05, 0) is 6.92 Å². The number of aromatic nitrogens is 2. The molecule has 1 aromatic heterocycles. The summed E-state index contributed by atoms with van der Waals surface area (Å²) in [5.74, 6) is 1.46. The fourth-order valence-corrected chi connectivity index (χ4v) is 1.67. The van der Waals surface area contributed by atoms with Crippen LogP contribution in [0, 0.1) is 12.3 Å². The van der Waals surface area contributed by atoms with Gasteiger partial charge >= 0.3 is 0 Å². The van der Waals surface area contributed by atoms with E-state index in [4.69, 9.17) is 15.7 Å². The van der Waals surface area contributed by atoms with Gasteiger partial charge in [-0.25, -0.2) is 0 Å². The van der Waals surface area contributed by atoms with Gasteiger partial charge in [0.05, 0.1) is 5.75 Å². The fourth-order valence-electron chi connectivity index (χ4n) is 1.27. The average molecular weight is 248 g/mol. The molecule has 1 aromatic carbocycles. The summed E-state index contributed by atoms with van der Waals surface area (Å²) in [7, 11) is 0. The van der Waals surface area contributed by atoms with Crippen LogP contribution in [0.15, 0.2) is 28.8 Å². The summed E-state index contributed by atoms with van der Waals surface area (Å²) in [5.41, 5.74) is 7.33. The molecule has 2 rings (SSSR count). The molecule has 5 nitrogen and oxygen atoms in total. The number of nitrogens with two attached hydrogens (primary N) is 1. The van der Waals surface area contributed by atoms with E-state index in [2.05, 4.69) is 10.1 Å². The third kappa shape index (κ3) is 3.07. The van der Waals surface area contributed by atoms with Crippen molar-refractivity contribution in [1.82, 2.24) is 10.1 Å². The number of thioether (sulfide) groups is 1. The molecule has 0 unspecified atom stereocenters. The molecule has 2 aromatic rings. The minimum atomic E-state index is 0.0417. The third-order valence-corrected chi connectivity index (χ3v) is 2.83. The topological polar surface area (TPSA) is 88.8 Å². The molecule has 17 heavy (non-hydrogen) atoms. The zero-order chi connectivity index (χ0) is 12.3. The Morgan fingerprint density at radius 3 is 2.76 bits per heavy atom. The number of hydrogen-bond acceptors (Lipinski definition) is 5. The zero-order valence-corrected chi connectivity index (χ0v) is 10.1. The van der Waals surface area contributed by atoms with Gasteiger partial charge < -0.3 is 10.3 Å². The van der Waals surface area contributed by atoms with Crippen LogP contribution in [-0.4, -0.2) is 15.3 Å². The van der Waals surface area contributed by atoms with Crippen molar-refractivity contribution in [1.29, 1.82) is 5.41 Å². The average Bonchev–Trinajstić information content (AvgIpc) is 2.76. The molecule has 0 aliphatic carbocycles. The molecule has 0 bridgehead atoms. The lowest BCUT2D eigenvalue weighted by atomic mass is 10.1. The summed E-state index contributed by atoms with van der Waals surface area (Å²) < 4.78 is 5.07. The Bertz CT molecular complexity index is 521. The Morgan fingerprint density at radius 2 is 2.12 bits per heavy atom. The monoisotopic (exact) mass is 248 g/mol. The van der Waals surface area contributed by atoms with Crippen LogP contribution in [0.25, 0.3) is 11.4 Å². The highest BCUT2D eigenvalue weighted by Gasteiger charge is 2.08. The van der Waals surface area contributed by atoms with E-state index in [1.807, 2.05) is 31.2 Å². The molecule has 0 fully saturated rings. The van der Waals surface area contributed by atoms with Crippen molar-refractivity contribution in [3.8, 4) is 11.4 Å². The molecule has 0 atom stereocenters. The summed E-state index contributed by atoms with van der Waals surface area (Å²) in [6, 6.07) is 7.88. The van der Waals surface area contributed by atoms with Crippen LogP contribution in [0.4, 0.5) is 0 Å². The highest BCUT2D eigenvalue weighted by atomic mass is 32.2. The van der Waals surface area contributed by atoms with Gasteiger partial charge in [0.1, 0.15) is 0 Å². The first-order valence-electron chi connectivity index (χ1n) is 5.01. The van der Waals surface area contributed by atoms with Gasteiger partial charge in [0.2, 0.25) is 11.7 Å². The SMILES string of the molecule is Cc1ccc(-c2noc(CSC(=N)N)n2)cc1. The number of nitrogens with zero attached hydrogens (tertiary/aromatic N) is 2. The van der Waals surface area contributed by atoms with E-state index in [0.29, 0.717) is 17.5 Å². The van der Waals surface area contributed by atoms with E-state index in [9.17, 15) is 0 Å². The summed E-state index contributed by atoms with van der Waals surface area (Å²) in [4.78, 5) is 4.23. The van der Waals surface area contributed by atoms with Gasteiger partial charge in [0, 0.05) is 5.56 Å². The largest absolute Gasteiger partial charge is 0.379 e. The van der Waals surface area contributed by atoms with E-state index < -0.39 is 0 Å². The predicted molar refractivity (Wildman–Crippen MR) is 67.7 cm³/mol. The van der Waals surface area contributed by atoms with Crippen LogP contribution >= 0.6 is 11.8 Å². The summed E-state index contributed by atoms with van der Waals surface area (Å²) >= 11 is 1.16. The molecular formula is C11H12N4OS. The number of benzene rings is 1. The van der Waals surface area contributed by atoms with E-state index >= 15 is 0 Å². The summed E-state index contributed by atoms with van der Waals surface area (Å²) in [6.07, 6.45) is 0. The molecule has 0 saturated heterocycles. The van der Waals surface area contributed by atoms with Crippen LogP contribution in [0.2, 0.25) is 0 Å². The number of hydrogen-bond donors (Lipinski definition) is 2. The lowest BCUT2D eigenvalue weighted by Gasteiger charge is -1.94. The van der Waals surface area contributed by atoms with Crippen LogP contribution in [-0.2, 0) is 5.75 Å². The second-order valence-electron chi connectivity index (χ2n) is 3.53. The lowest BCUT2D eigenvalue weighted by molar-refractivity contribution is 0.392. The summed E-state index contributed by atoms with van der Waals surface area (Å²) in [5, 5.41) is 11.0. The van der Waals surface area contributed by atoms with Crippen LogP contribution in [0.5, 0.6) is 0 Å². The quantitative estimate of drug-likeness (QED) is 0.642. The van der Waals surface area contributed by atoms with Crippen molar-refractivity contribution in [2.24, 2.45) is 5.73 Å². The van der Waals surface area contributed by atoms with Crippen molar-refractivity contribution < 1.29 is 4.52 Å². The van der Waals surface area contributed by atoms with Gasteiger partial charge in [-0.1, -0.05) is 46.7 Å². The Morgan fingerprint density at radius 1 is 1.41 bits per heavy atom. The Balaban J connectivity index is 2.12. The first kappa shape index (κ1) is 11.7. The molecule has 6 heteroatoms. The van der Waals surface area contributed by atoms with Gasteiger partial charge in [-0.3, -0.25) is 5.41 Å². The maximum Gasteiger partial charge on any atom is 0.237 e. The smallest absolute Gasteiger partial charge is 0.237 e. The van der Waals surface area contributed by atoms with Crippen molar-refractivity contribution in [2.45, 2.75) is 12.7 Å². The second kappa shape index (κ2) is 5.01. The third-order valence-electron chi connectivity index (χ3n) is 2.13. The molecule has 0 aliphatic heterocycles. The molecule has 1 heterocycles. The molecule has 0 amide bonds. The number of nitrogens with one attached hydrogen (secondary N) is 1. The Hall–Kier alpha value is -1.82. The molecule has 0 spiro atoms. The van der Waals surface area contributed by atoms with E-state index in [0.717, 1.165) is 17.3 Å². The molecule has 88 valence electrons. The number of aryl methyl sites for hydroxylation is 1. The lowest BCUT2D eigenvalue weighted by Crippen LogP contribution is -2.03. The minimum Gasteiger partial charge on any atom is -0.379 e. The standard InChI is InChI=1S/C11H12N4OS/c1-7-2-4-8(5-3-7)10-14-9(16-15-10)6-17-11(12)13/h2-5H,6H2,1H3,(H3,12,13). The van der Waals surface area contributed by atoms with E-state index in [1.54, 1.807) is 0 Å². The Kier molecular flexibility index (Phi) is 3.43. The Labute approximate surface area is 103 Å². The molecule has 0 radical (unpaired) electrons. The zero-order valence-electron chi connectivity index (χ0n) is 9.30. The van der Waals surface area contributed by atoms with Gasteiger partial charge in [0.15, 0.2) is 5.17 Å². The highest BCUT2D eigenvalue weighted by molar-refractivity contribution is 8.12. The normalized spacial score (nSPS) is 10.4. The van der Waals surface area contributed by atoms with Crippen LogP contribution < -0.4 is 5.73 Å². The second-order valence-corrected chi connectivity index (χ2v) is 4.55. The molecular weight excluding hydrogens is 236 g/mol. The van der Waals surface area contributed by atoms with Crippen molar-refractivity contribution in [3.05, 3.63) is 35.7 Å². The van der Waals surface area contributed by atoms with Crippen LogP contribution in [0.3, 0.4) is 0 Å². The predicted octanol–water partition coefficient (Wildman–Crippen LogP) is 2.17. The van der Waals surface area contributed by atoms with Crippen molar-refractivity contribution >= 4 is 16.9 Å². The molecule has 0 aliphatic rings. The van der Waals surface area contributed by atoms with Gasteiger partial charge in [-0.15, -0.1) is 0 Å². The minimum absolute atomic E-state index is 0.0417. The number of rotatable bonds is 3. The van der Waals surface area contributed by atoms with Crippen molar-refractivity contribution in [2.75, 3.05) is 0 Å². The number of amidine groups is 1. The maximum absolute atomic E-state index is 7.09. The molecule has 3 N–H and O–H groups in total. The van der Waals surface area contributed by atoms with Gasteiger partial charge in [0.25, 0.3) is 0 Å². The van der Waals surface area contributed by atoms with Gasteiger partial charge in [-0.2, -0.15) is 4.98 Å². The van der Waals surface area contributed by atoms with Crippen LogP contribution in [0.1, 0.15) is 11.5 Å². The molecule has 0 saturated carbocycles. The fraction of sp³-hybridized carbons (Fsp3) is 0.182. The summed E-state index contributed by atoms with van der Waals surface area (Å²) in [6.45, 7) is 2.02. The maximum atomic E-state index is 7.09. The highest BCUT2D eigenvalue weighted by Crippen LogP contribution is 2.18. The first-order valence-corrected chi connectivity index (χ1v) is 6.00. The first-order chi connectivity index (χ1) is 8.15. The van der Waals surface area contributed by atoms with E-state index in [-0.39, 0.29) is 5.17 Å². The van der Waals surface area contributed by atoms with E-state index in [1.165, 1.54) is 5.56 Å². The van der Waals surface area contributed by atoms with Crippen molar-refractivity contribution in [3.63, 3.8) is 0 Å².